The smallest absolute Gasteiger partial charge is 0.239 e. The molecule has 0 aliphatic carbocycles. The Balaban J connectivity index is 2.30. The number of nitrogens with zero attached hydrogens (tertiary/aromatic N) is 3. The quantitative estimate of drug-likeness (QED) is 0.593. The summed E-state index contributed by atoms with van der Waals surface area (Å²) in [5.74, 6) is 6.58. The Morgan fingerprint density at radius 2 is 2.31 bits per heavy atom. The minimum Gasteiger partial charge on any atom is -0.355 e. The Kier molecular flexibility index (Phi) is 2.32. The molecule has 2 heterocycles. The van der Waals surface area contributed by atoms with Gasteiger partial charge in [0.15, 0.2) is 0 Å². The number of anilines is 2. The lowest BCUT2D eigenvalue weighted by molar-refractivity contribution is 0.608. The van der Waals surface area contributed by atoms with E-state index in [0.717, 1.165) is 23.4 Å². The van der Waals surface area contributed by atoms with E-state index in [1.54, 1.807) is 6.20 Å². The number of rotatable bonds is 2. The zero-order valence-electron chi connectivity index (χ0n) is 7.00. The fourth-order valence-electron chi connectivity index (χ4n) is 1.18. The van der Waals surface area contributed by atoms with Gasteiger partial charge in [-0.15, -0.1) is 0 Å². The highest BCUT2D eigenvalue weighted by Crippen LogP contribution is 2.27. The summed E-state index contributed by atoms with van der Waals surface area (Å²) in [5.41, 5.74) is 2.43. The maximum atomic E-state index is 5.22. The first-order chi connectivity index (χ1) is 6.31. The van der Waals surface area contributed by atoms with Crippen molar-refractivity contribution < 1.29 is 0 Å². The van der Waals surface area contributed by atoms with Crippen LogP contribution in [0.3, 0.4) is 0 Å². The van der Waals surface area contributed by atoms with Crippen LogP contribution in [0, 0.1) is 0 Å². The molecule has 0 saturated carbocycles. The third-order valence-electron chi connectivity index (χ3n) is 2.01. The number of nitrogens with two attached hydrogens (primary N) is 1. The van der Waals surface area contributed by atoms with Gasteiger partial charge in [-0.05, 0) is 22.4 Å². The van der Waals surface area contributed by atoms with Gasteiger partial charge in [0.1, 0.15) is 5.82 Å². The van der Waals surface area contributed by atoms with Crippen molar-refractivity contribution in [2.45, 2.75) is 6.42 Å². The molecule has 0 unspecified atom stereocenters. The maximum Gasteiger partial charge on any atom is 0.239 e. The van der Waals surface area contributed by atoms with Gasteiger partial charge < -0.3 is 4.90 Å². The van der Waals surface area contributed by atoms with Crippen molar-refractivity contribution in [1.82, 2.24) is 9.97 Å². The third-order valence-corrected chi connectivity index (χ3v) is 2.57. The van der Waals surface area contributed by atoms with Crippen molar-refractivity contribution in [2.75, 3.05) is 23.4 Å². The van der Waals surface area contributed by atoms with Gasteiger partial charge in [-0.3, -0.25) is 5.43 Å². The highest BCUT2D eigenvalue weighted by atomic mass is 79.9. The summed E-state index contributed by atoms with van der Waals surface area (Å²) in [6.45, 7) is 2.11. The van der Waals surface area contributed by atoms with Crippen LogP contribution in [-0.4, -0.2) is 23.1 Å². The summed E-state index contributed by atoms with van der Waals surface area (Å²) in [4.78, 5) is 10.4. The van der Waals surface area contributed by atoms with E-state index in [2.05, 4.69) is 36.2 Å². The SMILES string of the molecule is NNc1ncc(Br)c(N2CCC2)n1. The van der Waals surface area contributed by atoms with Gasteiger partial charge in [-0.2, -0.15) is 4.98 Å². The van der Waals surface area contributed by atoms with Gasteiger partial charge in [0.2, 0.25) is 5.95 Å². The normalized spacial score (nSPS) is 15.4. The minimum absolute atomic E-state index is 0.449. The Morgan fingerprint density at radius 1 is 1.54 bits per heavy atom. The largest absolute Gasteiger partial charge is 0.355 e. The van der Waals surface area contributed by atoms with E-state index in [9.17, 15) is 0 Å². The molecule has 13 heavy (non-hydrogen) atoms. The molecule has 1 saturated heterocycles. The summed E-state index contributed by atoms with van der Waals surface area (Å²) in [5, 5.41) is 0. The van der Waals surface area contributed by atoms with Crippen molar-refractivity contribution in [3.63, 3.8) is 0 Å². The molecule has 0 bridgehead atoms. The molecular weight excluding hydrogens is 234 g/mol. The van der Waals surface area contributed by atoms with Crippen molar-refractivity contribution in [2.24, 2.45) is 5.84 Å². The Bertz CT molecular complexity index is 312. The predicted octanol–water partition coefficient (Wildman–Crippen LogP) is 0.735. The first-order valence-corrected chi connectivity index (χ1v) is 4.84. The average molecular weight is 244 g/mol. The zero-order chi connectivity index (χ0) is 9.26. The summed E-state index contributed by atoms with van der Waals surface area (Å²) in [6.07, 6.45) is 2.93. The molecule has 70 valence electrons. The lowest BCUT2D eigenvalue weighted by Gasteiger charge is -2.32. The van der Waals surface area contributed by atoms with Crippen LogP contribution in [-0.2, 0) is 0 Å². The number of nitrogen functional groups attached to an aromatic ring is 1. The molecule has 1 fully saturated rings. The van der Waals surface area contributed by atoms with Gasteiger partial charge in [0, 0.05) is 19.3 Å². The Labute approximate surface area is 84.4 Å². The topological polar surface area (TPSA) is 67.1 Å². The molecule has 0 aromatic carbocycles. The summed E-state index contributed by atoms with van der Waals surface area (Å²) < 4.78 is 0.909. The minimum atomic E-state index is 0.449. The van der Waals surface area contributed by atoms with Crippen molar-refractivity contribution in [3.8, 4) is 0 Å². The first kappa shape index (κ1) is 8.71. The lowest BCUT2D eigenvalue weighted by Crippen LogP contribution is -2.38. The second-order valence-electron chi connectivity index (χ2n) is 2.85. The highest BCUT2D eigenvalue weighted by molar-refractivity contribution is 9.10. The van der Waals surface area contributed by atoms with E-state index in [0.29, 0.717) is 5.95 Å². The van der Waals surface area contributed by atoms with Crippen LogP contribution in [0.25, 0.3) is 0 Å². The molecule has 0 spiro atoms. The molecular formula is C7H10BrN5. The number of aromatic nitrogens is 2. The fourth-order valence-corrected chi connectivity index (χ4v) is 1.62. The fraction of sp³-hybridized carbons (Fsp3) is 0.429. The van der Waals surface area contributed by atoms with Gasteiger partial charge in [0.25, 0.3) is 0 Å². The van der Waals surface area contributed by atoms with Crippen LogP contribution in [0.5, 0.6) is 0 Å². The molecule has 1 aliphatic rings. The van der Waals surface area contributed by atoms with E-state index in [1.165, 1.54) is 6.42 Å². The van der Waals surface area contributed by atoms with Crippen LogP contribution >= 0.6 is 15.9 Å². The maximum absolute atomic E-state index is 5.22. The van der Waals surface area contributed by atoms with E-state index in [4.69, 9.17) is 5.84 Å². The van der Waals surface area contributed by atoms with Crippen LogP contribution in [0.4, 0.5) is 11.8 Å². The highest BCUT2D eigenvalue weighted by Gasteiger charge is 2.18. The number of hydrogen-bond acceptors (Lipinski definition) is 5. The summed E-state index contributed by atoms with van der Waals surface area (Å²) in [6, 6.07) is 0. The molecule has 3 N–H and O–H groups in total. The number of nitrogens with one attached hydrogen (secondary N) is 1. The molecule has 1 aromatic heterocycles. The van der Waals surface area contributed by atoms with Gasteiger partial charge in [-0.25, -0.2) is 10.8 Å². The van der Waals surface area contributed by atoms with E-state index in [1.807, 2.05) is 0 Å². The molecule has 0 radical (unpaired) electrons. The Morgan fingerprint density at radius 3 is 2.85 bits per heavy atom. The second kappa shape index (κ2) is 3.47. The van der Waals surface area contributed by atoms with Crippen molar-refractivity contribution >= 4 is 27.7 Å². The van der Waals surface area contributed by atoms with E-state index in [-0.39, 0.29) is 0 Å². The summed E-state index contributed by atoms with van der Waals surface area (Å²) in [7, 11) is 0. The summed E-state index contributed by atoms with van der Waals surface area (Å²) >= 11 is 3.40. The molecule has 2 rings (SSSR count). The molecule has 6 heteroatoms. The first-order valence-electron chi connectivity index (χ1n) is 4.05. The number of hydrazine groups is 1. The average Bonchev–Trinajstić information content (AvgIpc) is 2.06. The van der Waals surface area contributed by atoms with Gasteiger partial charge in [0.05, 0.1) is 4.47 Å². The van der Waals surface area contributed by atoms with Gasteiger partial charge in [-0.1, -0.05) is 0 Å². The number of hydrogen-bond donors (Lipinski definition) is 2. The van der Waals surface area contributed by atoms with E-state index < -0.39 is 0 Å². The van der Waals surface area contributed by atoms with Crippen molar-refractivity contribution in [1.29, 1.82) is 0 Å². The standard InChI is InChI=1S/C7H10BrN5/c8-5-4-10-7(12-9)11-6(5)13-2-1-3-13/h4H,1-3,9H2,(H,10,11,12). The van der Waals surface area contributed by atoms with Crippen molar-refractivity contribution in [3.05, 3.63) is 10.7 Å². The van der Waals surface area contributed by atoms with Crippen LogP contribution in [0.2, 0.25) is 0 Å². The predicted molar refractivity (Wildman–Crippen MR) is 54.4 cm³/mol. The molecule has 0 atom stereocenters. The zero-order valence-corrected chi connectivity index (χ0v) is 8.58. The van der Waals surface area contributed by atoms with E-state index >= 15 is 0 Å². The molecule has 1 aliphatic heterocycles. The third kappa shape index (κ3) is 1.59. The Hall–Kier alpha value is -0.880. The second-order valence-corrected chi connectivity index (χ2v) is 3.70. The van der Waals surface area contributed by atoms with Crippen LogP contribution in [0.1, 0.15) is 6.42 Å². The monoisotopic (exact) mass is 243 g/mol. The lowest BCUT2D eigenvalue weighted by atomic mass is 10.2. The van der Waals surface area contributed by atoms with Crippen LogP contribution < -0.4 is 16.2 Å². The van der Waals surface area contributed by atoms with Gasteiger partial charge >= 0.3 is 0 Å². The number of halogens is 1. The molecule has 5 nitrogen and oxygen atoms in total. The molecule has 1 aromatic rings. The van der Waals surface area contributed by atoms with Crippen LogP contribution in [0.15, 0.2) is 10.7 Å². The molecule has 0 amide bonds.